The molecule has 0 aromatic heterocycles. The maximum absolute atomic E-state index is 13.7. The van der Waals surface area contributed by atoms with Crippen LogP contribution >= 0.6 is 0 Å². The number of carbonyl (C=O) groups is 1. The first-order valence-corrected chi connectivity index (χ1v) is 12.7. The van der Waals surface area contributed by atoms with Gasteiger partial charge in [-0.25, -0.2) is 14.2 Å². The Morgan fingerprint density at radius 1 is 1.06 bits per heavy atom. The lowest BCUT2D eigenvalue weighted by Gasteiger charge is -2.41. The van der Waals surface area contributed by atoms with Gasteiger partial charge in [0.2, 0.25) is 0 Å². The third kappa shape index (κ3) is 5.30. The molecule has 0 saturated carbocycles. The number of amides is 2. The second kappa shape index (κ2) is 10.3. The van der Waals surface area contributed by atoms with Gasteiger partial charge in [0.15, 0.2) is 5.84 Å². The highest BCUT2D eigenvalue weighted by atomic mass is 19.1. The van der Waals surface area contributed by atoms with Crippen molar-refractivity contribution in [2.24, 2.45) is 15.9 Å². The van der Waals surface area contributed by atoms with E-state index in [9.17, 15) is 14.3 Å². The Morgan fingerprint density at radius 3 is 2.51 bits per heavy atom. The average molecular weight is 477 g/mol. The summed E-state index contributed by atoms with van der Waals surface area (Å²) in [6.45, 7) is 5.08. The molecule has 3 aliphatic rings. The minimum atomic E-state index is -0.316. The smallest absolute Gasteiger partial charge is 0.320 e. The molecule has 2 unspecified atom stereocenters. The zero-order valence-corrected chi connectivity index (χ0v) is 20.2. The van der Waals surface area contributed by atoms with Crippen molar-refractivity contribution in [2.45, 2.75) is 44.6 Å². The van der Waals surface area contributed by atoms with Crippen LogP contribution in [0.4, 0.5) is 9.18 Å². The fourth-order valence-electron chi connectivity index (χ4n) is 5.39. The van der Waals surface area contributed by atoms with Crippen LogP contribution in [0.3, 0.4) is 0 Å². The lowest BCUT2D eigenvalue weighted by Crippen LogP contribution is -2.52. The van der Waals surface area contributed by atoms with Crippen molar-refractivity contribution in [2.75, 3.05) is 32.7 Å². The predicted octanol–water partition coefficient (Wildman–Crippen LogP) is 4.27. The summed E-state index contributed by atoms with van der Waals surface area (Å²) >= 11 is 0. The number of aliphatic hydroxyl groups excluding tert-OH is 1. The van der Waals surface area contributed by atoms with Crippen molar-refractivity contribution in [1.82, 2.24) is 9.80 Å². The maximum Gasteiger partial charge on any atom is 0.320 e. The second-order valence-electron chi connectivity index (χ2n) is 9.88. The quantitative estimate of drug-likeness (QED) is 0.716. The fraction of sp³-hybridized carbons (Fsp3) is 0.464. The standard InChI is InChI=1S/C28H33FN4O2/c1-2-19-6-8-20(9-7-19)22-14-23(18-33(17-22)28(35)32-12-10-25(34)11-13-32)26-16-30-27(31-26)21-4-3-5-24(29)15-21/h3-9,15,22-23,25,34H,2,10-14,16-18H2,1H3. The van der Waals surface area contributed by atoms with Gasteiger partial charge in [0.05, 0.1) is 12.6 Å². The van der Waals surface area contributed by atoms with Gasteiger partial charge < -0.3 is 14.9 Å². The molecule has 2 aromatic carbocycles. The number of piperidine rings is 2. The molecule has 0 radical (unpaired) electrons. The number of urea groups is 1. The Labute approximate surface area is 206 Å². The molecule has 2 aromatic rings. The van der Waals surface area contributed by atoms with Gasteiger partial charge in [0, 0.05) is 49.3 Å². The van der Waals surface area contributed by atoms with Crippen molar-refractivity contribution in [3.05, 3.63) is 71.0 Å². The molecule has 0 bridgehead atoms. The largest absolute Gasteiger partial charge is 0.393 e. The zero-order chi connectivity index (χ0) is 24.4. The molecule has 3 aliphatic heterocycles. The third-order valence-electron chi connectivity index (χ3n) is 7.51. The number of hydrogen-bond donors (Lipinski definition) is 1. The summed E-state index contributed by atoms with van der Waals surface area (Å²) in [7, 11) is 0. The van der Waals surface area contributed by atoms with E-state index >= 15 is 0 Å². The van der Waals surface area contributed by atoms with Crippen molar-refractivity contribution in [3.8, 4) is 0 Å². The highest BCUT2D eigenvalue weighted by molar-refractivity contribution is 6.12. The van der Waals surface area contributed by atoms with Gasteiger partial charge in [-0.05, 0) is 48.9 Å². The molecule has 2 fully saturated rings. The first kappa shape index (κ1) is 23.7. The lowest BCUT2D eigenvalue weighted by atomic mass is 9.82. The van der Waals surface area contributed by atoms with E-state index in [0.717, 1.165) is 18.6 Å². The number of aliphatic hydroxyl groups is 1. The highest BCUT2D eigenvalue weighted by Gasteiger charge is 2.36. The van der Waals surface area contributed by atoms with Gasteiger partial charge in [-0.3, -0.25) is 4.99 Å². The van der Waals surface area contributed by atoms with Crippen LogP contribution in [0.5, 0.6) is 0 Å². The number of rotatable bonds is 4. The van der Waals surface area contributed by atoms with E-state index in [4.69, 9.17) is 4.99 Å². The summed E-state index contributed by atoms with van der Waals surface area (Å²) in [6.07, 6.45) is 2.84. The van der Waals surface area contributed by atoms with Crippen LogP contribution in [0, 0.1) is 11.7 Å². The number of carbonyl (C=O) groups excluding carboxylic acids is 1. The van der Waals surface area contributed by atoms with Gasteiger partial charge >= 0.3 is 6.03 Å². The van der Waals surface area contributed by atoms with E-state index in [2.05, 4.69) is 36.2 Å². The zero-order valence-electron chi connectivity index (χ0n) is 20.2. The van der Waals surface area contributed by atoms with E-state index < -0.39 is 0 Å². The third-order valence-corrected chi connectivity index (χ3v) is 7.51. The van der Waals surface area contributed by atoms with Crippen LogP contribution in [0.15, 0.2) is 58.5 Å². The molecule has 35 heavy (non-hydrogen) atoms. The van der Waals surface area contributed by atoms with Gasteiger partial charge in [-0.1, -0.05) is 43.3 Å². The van der Waals surface area contributed by atoms with Crippen LogP contribution in [0.1, 0.15) is 48.8 Å². The van der Waals surface area contributed by atoms with Crippen molar-refractivity contribution >= 4 is 17.6 Å². The molecular weight excluding hydrogens is 443 g/mol. The second-order valence-corrected chi connectivity index (χ2v) is 9.88. The first-order valence-electron chi connectivity index (χ1n) is 12.7. The van der Waals surface area contributed by atoms with Gasteiger partial charge in [0.25, 0.3) is 0 Å². The molecule has 184 valence electrons. The Morgan fingerprint density at radius 2 is 1.80 bits per heavy atom. The average Bonchev–Trinajstić information content (AvgIpc) is 3.39. The number of likely N-dealkylation sites (tertiary alicyclic amines) is 2. The molecule has 6 nitrogen and oxygen atoms in total. The molecule has 0 spiro atoms. The summed E-state index contributed by atoms with van der Waals surface area (Å²) < 4.78 is 13.7. The Kier molecular flexibility index (Phi) is 6.95. The summed E-state index contributed by atoms with van der Waals surface area (Å²) in [4.78, 5) is 26.7. The molecule has 2 amide bonds. The summed E-state index contributed by atoms with van der Waals surface area (Å²) in [6, 6.07) is 15.2. The molecule has 2 saturated heterocycles. The van der Waals surface area contributed by atoms with Gasteiger partial charge in [-0.2, -0.15) is 0 Å². The molecule has 0 aliphatic carbocycles. The summed E-state index contributed by atoms with van der Waals surface area (Å²) in [5.74, 6) is 0.566. The number of aryl methyl sites for hydroxylation is 1. The summed E-state index contributed by atoms with van der Waals surface area (Å²) in [5, 5.41) is 9.87. The van der Waals surface area contributed by atoms with E-state index in [1.165, 1.54) is 23.3 Å². The normalized spacial score (nSPS) is 23.3. The number of halogens is 1. The van der Waals surface area contributed by atoms with Crippen LogP contribution in [-0.4, -0.2) is 71.3 Å². The monoisotopic (exact) mass is 476 g/mol. The van der Waals surface area contributed by atoms with E-state index in [1.807, 2.05) is 15.9 Å². The first-order chi connectivity index (χ1) is 17.0. The molecule has 2 atom stereocenters. The number of nitrogens with zero attached hydrogens (tertiary/aromatic N) is 4. The van der Waals surface area contributed by atoms with Crippen molar-refractivity contribution < 1.29 is 14.3 Å². The van der Waals surface area contributed by atoms with Gasteiger partial charge in [-0.15, -0.1) is 0 Å². The van der Waals surface area contributed by atoms with Crippen molar-refractivity contribution in [1.29, 1.82) is 0 Å². The fourth-order valence-corrected chi connectivity index (χ4v) is 5.39. The van der Waals surface area contributed by atoms with Crippen LogP contribution in [-0.2, 0) is 6.42 Å². The minimum absolute atomic E-state index is 0.0432. The van der Waals surface area contributed by atoms with E-state index in [-0.39, 0.29) is 29.8 Å². The van der Waals surface area contributed by atoms with Crippen LogP contribution < -0.4 is 0 Å². The molecule has 7 heteroatoms. The topological polar surface area (TPSA) is 68.5 Å². The minimum Gasteiger partial charge on any atom is -0.393 e. The molecule has 1 N–H and O–H groups in total. The molecule has 3 heterocycles. The summed E-state index contributed by atoms with van der Waals surface area (Å²) in [5.41, 5.74) is 4.19. The Hall–Kier alpha value is -3.06. The number of amidine groups is 1. The Bertz CT molecular complexity index is 1120. The Balaban J connectivity index is 1.38. The highest BCUT2D eigenvalue weighted by Crippen LogP contribution is 2.33. The molecular formula is C28H33FN4O2. The number of benzene rings is 2. The van der Waals surface area contributed by atoms with Crippen molar-refractivity contribution in [3.63, 3.8) is 0 Å². The van der Waals surface area contributed by atoms with E-state index in [0.29, 0.717) is 57.0 Å². The number of hydrogen-bond acceptors (Lipinski definition) is 4. The maximum atomic E-state index is 13.7. The van der Waals surface area contributed by atoms with E-state index in [1.54, 1.807) is 6.07 Å². The number of aliphatic imine (C=N–C) groups is 2. The van der Waals surface area contributed by atoms with Crippen LogP contribution in [0.25, 0.3) is 0 Å². The SMILES string of the molecule is CCc1ccc(C2CC(C3=NC(c4cccc(F)c4)=NC3)CN(C(=O)N3CCC(O)CC3)C2)cc1. The van der Waals surface area contributed by atoms with Crippen LogP contribution in [0.2, 0.25) is 0 Å². The molecule has 5 rings (SSSR count). The lowest BCUT2D eigenvalue weighted by molar-refractivity contribution is 0.0752. The predicted molar refractivity (Wildman–Crippen MR) is 136 cm³/mol. The van der Waals surface area contributed by atoms with Gasteiger partial charge in [0.1, 0.15) is 5.82 Å².